The predicted molar refractivity (Wildman–Crippen MR) is 189 cm³/mol. The molecule has 3 aromatic rings. The number of sulfone groups is 1. The Bertz CT molecular complexity index is 1870. The molecule has 1 fully saturated rings. The Hall–Kier alpha value is -2.98. The maximum atomic E-state index is 14.1. The lowest BCUT2D eigenvalue weighted by Crippen LogP contribution is -2.43. The van der Waals surface area contributed by atoms with E-state index in [4.69, 9.17) is 9.47 Å². The van der Waals surface area contributed by atoms with Gasteiger partial charge in [-0.1, -0.05) is 18.2 Å². The van der Waals surface area contributed by atoms with Crippen LogP contribution in [0.2, 0.25) is 0 Å². The molecule has 2 aromatic carbocycles. The summed E-state index contributed by atoms with van der Waals surface area (Å²) in [5.41, 5.74) is -6.71. The van der Waals surface area contributed by atoms with Gasteiger partial charge in [-0.2, -0.15) is 13.2 Å². The molecule has 2 aliphatic rings. The first-order valence-electron chi connectivity index (χ1n) is 16.7. The number of sulfonamides is 1. The van der Waals surface area contributed by atoms with Crippen LogP contribution in [0, 0.1) is 0 Å². The van der Waals surface area contributed by atoms with Crippen molar-refractivity contribution < 1.29 is 44.6 Å². The van der Waals surface area contributed by atoms with Gasteiger partial charge in [0.15, 0.2) is 0 Å². The van der Waals surface area contributed by atoms with E-state index >= 15 is 0 Å². The largest absolute Gasteiger partial charge is 0.501 e. The van der Waals surface area contributed by atoms with Crippen molar-refractivity contribution in [3.8, 4) is 0 Å². The molecule has 0 saturated carbocycles. The van der Waals surface area contributed by atoms with Crippen molar-refractivity contribution in [2.24, 2.45) is 0 Å². The van der Waals surface area contributed by atoms with Gasteiger partial charge in [-0.3, -0.25) is 14.4 Å². The number of anilines is 2. The van der Waals surface area contributed by atoms with Crippen LogP contribution in [-0.4, -0.2) is 122 Å². The molecule has 1 aromatic heterocycles. The Labute approximate surface area is 306 Å². The summed E-state index contributed by atoms with van der Waals surface area (Å²) in [4.78, 5) is 2.79. The summed E-state index contributed by atoms with van der Waals surface area (Å²) in [5, 5.41) is 21.6. The SMILES string of the molecule is CC(C)(C)OC(O)N1CCc2nnc(NS(=O)(=O)c3ccc(N[C@H](CCN4CCOCC4)CSc4ccccc4)c(S(=O)(=O)C(F)(F)F)c3)n2CC1. The van der Waals surface area contributed by atoms with Gasteiger partial charge in [0.2, 0.25) is 12.4 Å². The number of aliphatic hydroxyl groups excluding tert-OH is 1. The molecule has 3 heterocycles. The van der Waals surface area contributed by atoms with Gasteiger partial charge in [-0.05, 0) is 57.5 Å². The standard InChI is InChI=1S/C32H44F3N7O7S3/c1-31(2,3)49-30(43)41-14-12-28-37-38-29(42(28)16-15-41)39-52(46,47)25-9-10-26(27(21-25)51(44,45)32(33,34)35)36-23(11-13-40-17-19-48-20-18-40)22-50-24-7-5-4-6-8-24/h4-10,21,23,30,36,43H,11-20,22H2,1-3H3,(H,38,39)/t23-,30?/m1/s1. The molecule has 52 heavy (non-hydrogen) atoms. The van der Waals surface area contributed by atoms with Crippen LogP contribution >= 0.6 is 11.8 Å². The number of thioether (sulfide) groups is 1. The lowest BCUT2D eigenvalue weighted by molar-refractivity contribution is -0.238. The lowest BCUT2D eigenvalue weighted by atomic mass is 10.2. The molecule has 0 radical (unpaired) electrons. The summed E-state index contributed by atoms with van der Waals surface area (Å²) < 4.78 is 110. The van der Waals surface area contributed by atoms with Crippen LogP contribution in [0.4, 0.5) is 24.8 Å². The number of halogens is 3. The zero-order valence-electron chi connectivity index (χ0n) is 29.0. The maximum absolute atomic E-state index is 14.1. The fraction of sp³-hybridized carbons (Fsp3) is 0.562. The molecule has 0 aliphatic carbocycles. The topological polar surface area (TPSA) is 168 Å². The molecule has 288 valence electrons. The highest BCUT2D eigenvalue weighted by molar-refractivity contribution is 7.99. The first-order valence-corrected chi connectivity index (χ1v) is 20.6. The van der Waals surface area contributed by atoms with Gasteiger partial charge in [-0.25, -0.2) is 21.6 Å². The molecule has 14 nitrogen and oxygen atoms in total. The molecule has 0 bridgehead atoms. The molecular formula is C32H44F3N7O7S3. The third kappa shape index (κ3) is 10.4. The Morgan fingerprint density at radius 2 is 1.69 bits per heavy atom. The van der Waals surface area contributed by atoms with Gasteiger partial charge < -0.3 is 19.9 Å². The van der Waals surface area contributed by atoms with Crippen molar-refractivity contribution in [3.63, 3.8) is 0 Å². The van der Waals surface area contributed by atoms with Crippen molar-refractivity contribution in [1.29, 1.82) is 0 Å². The number of fused-ring (bicyclic) bond motifs is 1. The smallest absolute Gasteiger partial charge is 0.380 e. The summed E-state index contributed by atoms with van der Waals surface area (Å²) in [7, 11) is -10.7. The second-order valence-electron chi connectivity index (χ2n) is 13.4. The van der Waals surface area contributed by atoms with Gasteiger partial charge in [0, 0.05) is 62.4 Å². The predicted octanol–water partition coefficient (Wildman–Crippen LogP) is 3.62. The number of morpholine rings is 1. The van der Waals surface area contributed by atoms with E-state index < -0.39 is 53.2 Å². The number of ether oxygens (including phenoxy) is 2. The van der Waals surface area contributed by atoms with Gasteiger partial charge in [0.1, 0.15) is 10.7 Å². The van der Waals surface area contributed by atoms with Crippen LogP contribution in [0.15, 0.2) is 63.2 Å². The highest BCUT2D eigenvalue weighted by Gasteiger charge is 2.48. The average molecular weight is 792 g/mol. The Morgan fingerprint density at radius 1 is 0.981 bits per heavy atom. The number of aliphatic hydroxyl groups is 1. The van der Waals surface area contributed by atoms with Crippen LogP contribution in [0.25, 0.3) is 0 Å². The van der Waals surface area contributed by atoms with Crippen molar-refractivity contribution in [1.82, 2.24) is 24.6 Å². The molecule has 2 atom stereocenters. The molecule has 0 spiro atoms. The number of alkyl halides is 3. The van der Waals surface area contributed by atoms with Gasteiger partial charge >= 0.3 is 5.51 Å². The van der Waals surface area contributed by atoms with Crippen molar-refractivity contribution in [2.75, 3.05) is 61.7 Å². The molecule has 0 amide bonds. The van der Waals surface area contributed by atoms with E-state index in [-0.39, 0.29) is 31.1 Å². The molecule has 5 rings (SSSR count). The zero-order chi connectivity index (χ0) is 37.7. The van der Waals surface area contributed by atoms with Crippen LogP contribution in [-0.2, 0) is 42.3 Å². The average Bonchev–Trinajstić information content (AvgIpc) is 3.31. The first-order chi connectivity index (χ1) is 24.4. The second kappa shape index (κ2) is 16.6. The Balaban J connectivity index is 1.40. The molecule has 20 heteroatoms. The minimum Gasteiger partial charge on any atom is -0.380 e. The molecule has 1 unspecified atom stereocenters. The lowest BCUT2D eigenvalue weighted by Gasteiger charge is -2.31. The molecule has 1 saturated heterocycles. The van der Waals surface area contributed by atoms with E-state index in [2.05, 4.69) is 25.1 Å². The van der Waals surface area contributed by atoms with Gasteiger partial charge in [0.05, 0.1) is 29.4 Å². The Kier molecular flexibility index (Phi) is 12.8. The number of hydrogen-bond acceptors (Lipinski definition) is 13. The minimum atomic E-state index is -6.01. The number of hydrogen-bond donors (Lipinski definition) is 3. The minimum absolute atomic E-state index is 0.147. The van der Waals surface area contributed by atoms with E-state index in [1.807, 2.05) is 30.3 Å². The van der Waals surface area contributed by atoms with E-state index in [0.29, 0.717) is 63.5 Å². The highest BCUT2D eigenvalue weighted by atomic mass is 32.2. The molecule has 2 aliphatic heterocycles. The van der Waals surface area contributed by atoms with Crippen molar-refractivity contribution >= 4 is 43.3 Å². The number of nitrogens with zero attached hydrogens (tertiary/aromatic N) is 5. The molecular weight excluding hydrogens is 748 g/mol. The summed E-state index contributed by atoms with van der Waals surface area (Å²) in [5.74, 6) is 0.571. The van der Waals surface area contributed by atoms with Crippen LogP contribution < -0.4 is 10.0 Å². The van der Waals surface area contributed by atoms with Crippen molar-refractivity contribution in [2.45, 2.75) is 78.4 Å². The Morgan fingerprint density at radius 3 is 2.37 bits per heavy atom. The van der Waals surface area contributed by atoms with Gasteiger partial charge in [0.25, 0.3) is 19.9 Å². The number of nitrogens with one attached hydrogen (secondary N) is 2. The monoisotopic (exact) mass is 791 g/mol. The summed E-state index contributed by atoms with van der Waals surface area (Å²) >= 11 is 1.46. The quantitative estimate of drug-likeness (QED) is 0.160. The number of rotatable bonds is 14. The second-order valence-corrected chi connectivity index (χ2v) is 18.0. The number of aromatic nitrogens is 3. The number of benzene rings is 2. The van der Waals surface area contributed by atoms with E-state index in [9.17, 15) is 35.1 Å². The molecule has 3 N–H and O–H groups in total. The maximum Gasteiger partial charge on any atom is 0.501 e. The third-order valence-electron chi connectivity index (χ3n) is 8.37. The first kappa shape index (κ1) is 40.2. The van der Waals surface area contributed by atoms with Crippen LogP contribution in [0.5, 0.6) is 0 Å². The highest BCUT2D eigenvalue weighted by Crippen LogP contribution is 2.37. The fourth-order valence-electron chi connectivity index (χ4n) is 5.64. The van der Waals surface area contributed by atoms with Crippen molar-refractivity contribution in [3.05, 3.63) is 54.4 Å². The summed E-state index contributed by atoms with van der Waals surface area (Å²) in [6.45, 7) is 9.15. The van der Waals surface area contributed by atoms with Gasteiger partial charge in [-0.15, -0.1) is 22.0 Å². The fourth-order valence-corrected chi connectivity index (χ4v) is 8.68. The zero-order valence-corrected chi connectivity index (χ0v) is 31.5. The van der Waals surface area contributed by atoms with E-state index in [0.717, 1.165) is 17.0 Å². The van der Waals surface area contributed by atoms with E-state index in [1.165, 1.54) is 16.3 Å². The van der Waals surface area contributed by atoms with Crippen LogP contribution in [0.3, 0.4) is 0 Å². The third-order valence-corrected chi connectivity index (χ3v) is 12.4. The summed E-state index contributed by atoms with van der Waals surface area (Å²) in [6.07, 6.45) is -0.486. The van der Waals surface area contributed by atoms with Crippen LogP contribution in [0.1, 0.15) is 33.0 Å². The summed E-state index contributed by atoms with van der Waals surface area (Å²) in [6, 6.07) is 11.5. The normalized spacial score (nSPS) is 18.0. The van der Waals surface area contributed by atoms with E-state index in [1.54, 1.807) is 25.7 Å².